The number of benzene rings is 2. The molecule has 5 nitrogen and oxygen atoms in total. The Morgan fingerprint density at radius 2 is 1.91 bits per heavy atom. The normalized spacial score (nSPS) is 22.4. The monoisotopic (exact) mass is 482 g/mol. The second-order valence-corrected chi connectivity index (χ2v) is 8.24. The third kappa shape index (κ3) is 5.45. The van der Waals surface area contributed by atoms with Crippen molar-refractivity contribution >= 4 is 5.91 Å². The van der Waals surface area contributed by atoms with Gasteiger partial charge in [0.2, 0.25) is 5.91 Å². The number of nitrogens with zero attached hydrogens (tertiary/aromatic N) is 1. The second-order valence-electron chi connectivity index (χ2n) is 8.24. The van der Waals surface area contributed by atoms with E-state index >= 15 is 0 Å². The Morgan fingerprint density at radius 3 is 2.56 bits per heavy atom. The van der Waals surface area contributed by atoms with E-state index in [9.17, 15) is 26.7 Å². The quantitative estimate of drug-likeness (QED) is 0.616. The van der Waals surface area contributed by atoms with Crippen LogP contribution in [0.3, 0.4) is 0 Å². The van der Waals surface area contributed by atoms with Crippen molar-refractivity contribution in [2.24, 2.45) is 0 Å². The summed E-state index contributed by atoms with van der Waals surface area (Å²) in [5.74, 6) is -1.45. The lowest BCUT2D eigenvalue weighted by atomic mass is 10.0. The minimum Gasteiger partial charge on any atom is -0.349 e. The highest BCUT2D eigenvalue weighted by Crippen LogP contribution is 2.37. The molecule has 0 unspecified atom stereocenters. The Labute approximate surface area is 193 Å². The van der Waals surface area contributed by atoms with Gasteiger partial charge < -0.3 is 14.8 Å². The first kappa shape index (κ1) is 24.3. The van der Waals surface area contributed by atoms with Crippen LogP contribution in [-0.4, -0.2) is 43.3 Å². The molecular weight excluding hydrogens is 459 g/mol. The standard InChI is InChI=1S/C24H23F5N2O3/c1-14(19-11-17(24(27,28)29)4-7-20(19)26)34-23-22(16-2-5-18(25)6-3-16)31(8-9-33-23)13-15-10-21(32)30-12-15/h2-7,10-11,14,22-23H,8-9,12-13H2,1H3,(H,30,32)/t14-,22+,23-/m1/s1. The van der Waals surface area contributed by atoms with E-state index in [1.807, 2.05) is 4.90 Å². The molecule has 182 valence electrons. The van der Waals surface area contributed by atoms with Crippen LogP contribution in [0.4, 0.5) is 22.0 Å². The molecule has 2 aromatic rings. The van der Waals surface area contributed by atoms with Crippen LogP contribution in [0.15, 0.2) is 54.1 Å². The Bertz CT molecular complexity index is 1070. The fourth-order valence-electron chi connectivity index (χ4n) is 4.16. The molecule has 0 saturated carbocycles. The third-order valence-corrected chi connectivity index (χ3v) is 5.85. The first-order chi connectivity index (χ1) is 16.1. The first-order valence-electron chi connectivity index (χ1n) is 10.7. The molecule has 4 rings (SSSR count). The van der Waals surface area contributed by atoms with Gasteiger partial charge in [-0.05, 0) is 48.4 Å². The van der Waals surface area contributed by atoms with Crippen molar-refractivity contribution in [2.45, 2.75) is 31.5 Å². The zero-order valence-electron chi connectivity index (χ0n) is 18.2. The Hall–Kier alpha value is -2.82. The third-order valence-electron chi connectivity index (χ3n) is 5.85. The second kappa shape index (κ2) is 9.81. The van der Waals surface area contributed by atoms with Gasteiger partial charge in [0, 0.05) is 31.3 Å². The van der Waals surface area contributed by atoms with Gasteiger partial charge in [-0.2, -0.15) is 13.2 Å². The molecule has 1 saturated heterocycles. The number of hydrogen-bond donors (Lipinski definition) is 1. The first-order valence-corrected chi connectivity index (χ1v) is 10.7. The van der Waals surface area contributed by atoms with Crippen LogP contribution in [0.2, 0.25) is 0 Å². The molecule has 1 fully saturated rings. The molecular formula is C24H23F5N2O3. The number of amides is 1. The molecule has 0 aromatic heterocycles. The van der Waals surface area contributed by atoms with Crippen molar-refractivity contribution in [1.29, 1.82) is 0 Å². The Morgan fingerprint density at radius 1 is 1.18 bits per heavy atom. The SMILES string of the molecule is C[C@@H](O[C@H]1OCCN(CC2=CC(=O)NC2)[C@H]1c1ccc(F)cc1)c1cc(C(F)(F)F)ccc1F. The molecule has 0 aliphatic carbocycles. The Kier molecular flexibility index (Phi) is 7.01. The minimum atomic E-state index is -4.63. The molecule has 1 N–H and O–H groups in total. The van der Waals surface area contributed by atoms with Crippen LogP contribution in [0, 0.1) is 11.6 Å². The number of ether oxygens (including phenoxy) is 2. The zero-order chi connectivity index (χ0) is 24.5. The van der Waals surface area contributed by atoms with Crippen molar-refractivity contribution in [3.8, 4) is 0 Å². The van der Waals surface area contributed by atoms with Crippen LogP contribution in [0.1, 0.15) is 35.8 Å². The number of halogens is 5. The topological polar surface area (TPSA) is 50.8 Å². The van der Waals surface area contributed by atoms with Crippen LogP contribution >= 0.6 is 0 Å². The summed E-state index contributed by atoms with van der Waals surface area (Å²) in [6, 6.07) is 7.32. The van der Waals surface area contributed by atoms with Crippen molar-refractivity contribution < 1.29 is 36.2 Å². The number of carbonyl (C=O) groups excluding carboxylic acids is 1. The highest BCUT2D eigenvalue weighted by molar-refractivity contribution is 5.91. The van der Waals surface area contributed by atoms with E-state index in [0.29, 0.717) is 31.3 Å². The van der Waals surface area contributed by atoms with E-state index < -0.39 is 41.8 Å². The maximum absolute atomic E-state index is 14.4. The Balaban J connectivity index is 1.61. The number of hydrogen-bond acceptors (Lipinski definition) is 4. The summed E-state index contributed by atoms with van der Waals surface area (Å²) in [7, 11) is 0. The lowest BCUT2D eigenvalue weighted by molar-refractivity contribution is -0.228. The molecule has 0 radical (unpaired) electrons. The smallest absolute Gasteiger partial charge is 0.349 e. The van der Waals surface area contributed by atoms with Crippen molar-refractivity contribution in [2.75, 3.05) is 26.2 Å². The molecule has 2 aliphatic heterocycles. The van der Waals surface area contributed by atoms with Crippen LogP contribution < -0.4 is 5.32 Å². The van der Waals surface area contributed by atoms with Gasteiger partial charge >= 0.3 is 6.18 Å². The van der Waals surface area contributed by atoms with E-state index in [2.05, 4.69) is 5.32 Å². The molecule has 2 aliphatic rings. The number of morpholine rings is 1. The van der Waals surface area contributed by atoms with E-state index in [1.165, 1.54) is 25.1 Å². The molecule has 10 heteroatoms. The fourth-order valence-corrected chi connectivity index (χ4v) is 4.16. The van der Waals surface area contributed by atoms with Gasteiger partial charge in [-0.25, -0.2) is 8.78 Å². The lowest BCUT2D eigenvalue weighted by Crippen LogP contribution is -2.47. The summed E-state index contributed by atoms with van der Waals surface area (Å²) < 4.78 is 79.2. The van der Waals surface area contributed by atoms with E-state index in [-0.39, 0.29) is 18.1 Å². The average Bonchev–Trinajstić information content (AvgIpc) is 3.19. The minimum absolute atomic E-state index is 0.192. The van der Waals surface area contributed by atoms with Crippen molar-refractivity contribution in [3.05, 3.63) is 82.4 Å². The number of nitrogens with one attached hydrogen (secondary N) is 1. The molecule has 1 amide bonds. The van der Waals surface area contributed by atoms with E-state index in [1.54, 1.807) is 12.1 Å². The highest BCUT2D eigenvalue weighted by atomic mass is 19.4. The molecule has 2 heterocycles. The van der Waals surface area contributed by atoms with Gasteiger partial charge in [0.05, 0.1) is 24.3 Å². The van der Waals surface area contributed by atoms with Crippen LogP contribution in [-0.2, 0) is 20.4 Å². The average molecular weight is 482 g/mol. The van der Waals surface area contributed by atoms with Crippen molar-refractivity contribution in [3.63, 3.8) is 0 Å². The van der Waals surface area contributed by atoms with Gasteiger partial charge in [-0.3, -0.25) is 9.69 Å². The lowest BCUT2D eigenvalue weighted by Gasteiger charge is -2.42. The fraction of sp³-hybridized carbons (Fsp3) is 0.375. The van der Waals surface area contributed by atoms with Gasteiger partial charge in [0.15, 0.2) is 6.29 Å². The van der Waals surface area contributed by atoms with E-state index in [4.69, 9.17) is 9.47 Å². The van der Waals surface area contributed by atoms with Gasteiger partial charge in [0.1, 0.15) is 11.6 Å². The molecule has 0 spiro atoms. The summed E-state index contributed by atoms with van der Waals surface area (Å²) in [6.07, 6.45) is -5.16. The summed E-state index contributed by atoms with van der Waals surface area (Å²) >= 11 is 0. The summed E-state index contributed by atoms with van der Waals surface area (Å²) in [5.41, 5.74) is 0.267. The summed E-state index contributed by atoms with van der Waals surface area (Å²) in [6.45, 7) is 2.96. The highest BCUT2D eigenvalue weighted by Gasteiger charge is 2.37. The molecule has 3 atom stereocenters. The van der Waals surface area contributed by atoms with Gasteiger partial charge in [-0.1, -0.05) is 12.1 Å². The zero-order valence-corrected chi connectivity index (χ0v) is 18.2. The van der Waals surface area contributed by atoms with Gasteiger partial charge in [0.25, 0.3) is 0 Å². The summed E-state index contributed by atoms with van der Waals surface area (Å²) in [5, 5.41) is 2.71. The summed E-state index contributed by atoms with van der Waals surface area (Å²) in [4.78, 5) is 13.6. The molecule has 34 heavy (non-hydrogen) atoms. The number of alkyl halides is 3. The molecule has 2 aromatic carbocycles. The van der Waals surface area contributed by atoms with E-state index in [0.717, 1.165) is 17.7 Å². The van der Waals surface area contributed by atoms with Crippen molar-refractivity contribution in [1.82, 2.24) is 10.2 Å². The predicted molar refractivity (Wildman–Crippen MR) is 112 cm³/mol. The maximum Gasteiger partial charge on any atom is 0.416 e. The largest absolute Gasteiger partial charge is 0.416 e. The number of rotatable bonds is 6. The van der Waals surface area contributed by atoms with Crippen LogP contribution in [0.5, 0.6) is 0 Å². The number of carbonyl (C=O) groups is 1. The van der Waals surface area contributed by atoms with Gasteiger partial charge in [-0.15, -0.1) is 0 Å². The molecule has 0 bridgehead atoms. The maximum atomic E-state index is 14.4. The predicted octanol–water partition coefficient (Wildman–Crippen LogP) is 4.52. The van der Waals surface area contributed by atoms with Crippen LogP contribution in [0.25, 0.3) is 0 Å².